The number of aliphatic carboxylic acids is 1. The Morgan fingerprint density at radius 2 is 1.78 bits per heavy atom. The van der Waals surface area contributed by atoms with Crippen LogP contribution < -0.4 is 16.2 Å². The summed E-state index contributed by atoms with van der Waals surface area (Å²) in [6, 6.07) is 7.69. The fourth-order valence-corrected chi connectivity index (χ4v) is 2.35. The lowest BCUT2D eigenvalue weighted by Gasteiger charge is -2.15. The van der Waals surface area contributed by atoms with Gasteiger partial charge in [-0.15, -0.1) is 0 Å². The summed E-state index contributed by atoms with van der Waals surface area (Å²) in [5.74, 6) is -0.149. The minimum Gasteiger partial charge on any atom is -0.494 e. The van der Waals surface area contributed by atoms with Gasteiger partial charge in [-0.05, 0) is 57.6 Å². The molecule has 1 saturated carbocycles. The summed E-state index contributed by atoms with van der Waals surface area (Å²) in [6.45, 7) is 1.45. The van der Waals surface area contributed by atoms with E-state index in [9.17, 15) is 9.59 Å². The third-order valence-corrected chi connectivity index (χ3v) is 3.86. The highest BCUT2D eigenvalue weighted by molar-refractivity contribution is 5.74. The number of aldehydes is 1. The first kappa shape index (κ1) is 25.0. The number of carbonyl (C=O) groups is 2. The molecule has 7 heteroatoms. The van der Waals surface area contributed by atoms with Crippen LogP contribution in [0.5, 0.6) is 5.75 Å². The molecule has 0 unspecified atom stereocenters. The van der Waals surface area contributed by atoms with Crippen LogP contribution in [0, 0.1) is 0 Å². The quantitative estimate of drug-likeness (QED) is 0.489. The number of benzene rings is 1. The minimum absolute atomic E-state index is 0.278. The molecule has 1 aliphatic carbocycles. The van der Waals surface area contributed by atoms with Crippen LogP contribution in [0.3, 0.4) is 0 Å². The first-order valence-corrected chi connectivity index (χ1v) is 9.39. The van der Waals surface area contributed by atoms with Crippen molar-refractivity contribution in [2.24, 2.45) is 11.5 Å². The van der Waals surface area contributed by atoms with Gasteiger partial charge in [0.25, 0.3) is 0 Å². The molecule has 0 radical (unpaired) electrons. The summed E-state index contributed by atoms with van der Waals surface area (Å²) in [5.41, 5.74) is 10.9. The van der Waals surface area contributed by atoms with Crippen LogP contribution in [-0.4, -0.2) is 62.1 Å². The molecule has 7 nitrogen and oxygen atoms in total. The summed E-state index contributed by atoms with van der Waals surface area (Å²) in [7, 11) is 4.08. The zero-order valence-electron chi connectivity index (χ0n) is 16.6. The number of nitrogens with two attached hydrogens (primary N) is 2. The van der Waals surface area contributed by atoms with Crippen LogP contribution in [0.1, 0.15) is 48.9 Å². The summed E-state index contributed by atoms with van der Waals surface area (Å²) < 4.78 is 5.51. The molecule has 0 aromatic heterocycles. The van der Waals surface area contributed by atoms with Crippen molar-refractivity contribution in [3.8, 4) is 5.75 Å². The number of carboxylic acids is 1. The lowest BCUT2D eigenvalue weighted by atomic mass is 9.97. The molecule has 0 heterocycles. The van der Waals surface area contributed by atoms with E-state index in [1.807, 2.05) is 26.2 Å². The number of nitrogens with zero attached hydrogens (tertiary/aromatic N) is 1. The van der Waals surface area contributed by atoms with Crippen LogP contribution in [0.15, 0.2) is 24.3 Å². The van der Waals surface area contributed by atoms with Gasteiger partial charge in [-0.3, -0.25) is 9.59 Å². The highest BCUT2D eigenvalue weighted by atomic mass is 16.5. The molecular weight excluding hydrogens is 346 g/mol. The zero-order chi connectivity index (χ0) is 20.5. The number of hydrogen-bond acceptors (Lipinski definition) is 6. The fourth-order valence-electron chi connectivity index (χ4n) is 2.35. The van der Waals surface area contributed by atoms with E-state index in [2.05, 4.69) is 10.6 Å². The fraction of sp³-hybridized carbons (Fsp3) is 0.600. The molecule has 0 spiro atoms. The zero-order valence-corrected chi connectivity index (χ0v) is 16.6. The Morgan fingerprint density at radius 3 is 2.15 bits per heavy atom. The van der Waals surface area contributed by atoms with E-state index in [4.69, 9.17) is 15.6 Å². The number of rotatable bonds is 7. The molecule has 154 valence electrons. The number of carboxylic acid groups (broad SMARTS) is 1. The molecular formula is C20H35N3O4. The van der Waals surface area contributed by atoms with Gasteiger partial charge < -0.3 is 26.2 Å². The highest BCUT2D eigenvalue weighted by Gasteiger charge is 2.06. The largest absolute Gasteiger partial charge is 0.494 e. The molecule has 5 N–H and O–H groups in total. The first-order chi connectivity index (χ1) is 12.9. The van der Waals surface area contributed by atoms with Gasteiger partial charge in [0.2, 0.25) is 0 Å². The number of ether oxygens (including phenoxy) is 1. The smallest absolute Gasteiger partial charge is 0.317 e. The second kappa shape index (κ2) is 16.2. The molecule has 0 aliphatic heterocycles. The monoisotopic (exact) mass is 381 g/mol. The van der Waals surface area contributed by atoms with Gasteiger partial charge in [-0.2, -0.15) is 0 Å². The third kappa shape index (κ3) is 16.0. The van der Waals surface area contributed by atoms with E-state index < -0.39 is 5.97 Å². The molecule has 27 heavy (non-hydrogen) atoms. The van der Waals surface area contributed by atoms with E-state index in [1.165, 1.54) is 32.1 Å². The van der Waals surface area contributed by atoms with Crippen molar-refractivity contribution in [3.63, 3.8) is 0 Å². The molecule has 1 aromatic rings. The Labute approximate surface area is 162 Å². The Bertz CT molecular complexity index is 500. The number of hydrogen-bond donors (Lipinski definition) is 3. The molecule has 0 bridgehead atoms. The summed E-state index contributed by atoms with van der Waals surface area (Å²) >= 11 is 0. The SMILES string of the molecule is CN(C)CCCOc1ccc(C=O)cc1.NC1CCCCC1.NCC(=O)O. The van der Waals surface area contributed by atoms with Crippen molar-refractivity contribution in [2.75, 3.05) is 33.8 Å². The van der Waals surface area contributed by atoms with Crippen molar-refractivity contribution >= 4 is 12.3 Å². The van der Waals surface area contributed by atoms with Crippen LogP contribution in [0.4, 0.5) is 0 Å². The van der Waals surface area contributed by atoms with E-state index in [0.29, 0.717) is 18.2 Å². The van der Waals surface area contributed by atoms with Gasteiger partial charge in [0.15, 0.2) is 0 Å². The van der Waals surface area contributed by atoms with E-state index in [-0.39, 0.29) is 6.54 Å². The van der Waals surface area contributed by atoms with Crippen molar-refractivity contribution in [3.05, 3.63) is 29.8 Å². The van der Waals surface area contributed by atoms with E-state index in [0.717, 1.165) is 25.0 Å². The van der Waals surface area contributed by atoms with E-state index in [1.54, 1.807) is 12.1 Å². The Hall–Kier alpha value is -1.96. The van der Waals surface area contributed by atoms with Gasteiger partial charge in [0.05, 0.1) is 13.2 Å². The lowest BCUT2D eigenvalue weighted by molar-refractivity contribution is -0.135. The Kier molecular flexibility index (Phi) is 15.1. The van der Waals surface area contributed by atoms with Crippen molar-refractivity contribution in [1.82, 2.24) is 4.90 Å². The third-order valence-electron chi connectivity index (χ3n) is 3.86. The molecule has 1 aromatic carbocycles. The summed E-state index contributed by atoms with van der Waals surface area (Å²) in [5, 5.41) is 7.60. The molecule has 0 saturated heterocycles. The van der Waals surface area contributed by atoms with Crippen molar-refractivity contribution in [2.45, 2.75) is 44.6 Å². The molecule has 0 atom stereocenters. The lowest BCUT2D eigenvalue weighted by Crippen LogP contribution is -2.22. The summed E-state index contributed by atoms with van der Waals surface area (Å²) in [6.07, 6.45) is 8.49. The van der Waals surface area contributed by atoms with E-state index >= 15 is 0 Å². The average molecular weight is 382 g/mol. The first-order valence-electron chi connectivity index (χ1n) is 9.39. The molecule has 1 aliphatic rings. The molecule has 0 amide bonds. The average Bonchev–Trinajstić information content (AvgIpc) is 2.67. The number of carbonyl (C=O) groups excluding carboxylic acids is 1. The maximum atomic E-state index is 10.4. The maximum absolute atomic E-state index is 10.4. The molecule has 2 rings (SSSR count). The Balaban J connectivity index is 0.000000463. The van der Waals surface area contributed by atoms with Crippen molar-refractivity contribution < 1.29 is 19.4 Å². The van der Waals surface area contributed by atoms with Crippen molar-refractivity contribution in [1.29, 1.82) is 0 Å². The summed E-state index contributed by atoms with van der Waals surface area (Å²) in [4.78, 5) is 21.8. The minimum atomic E-state index is -0.968. The maximum Gasteiger partial charge on any atom is 0.317 e. The highest BCUT2D eigenvalue weighted by Crippen LogP contribution is 2.14. The second-order valence-electron chi connectivity index (χ2n) is 6.69. The van der Waals surface area contributed by atoms with Gasteiger partial charge in [0.1, 0.15) is 12.0 Å². The van der Waals surface area contributed by atoms with Crippen LogP contribution >= 0.6 is 0 Å². The predicted molar refractivity (Wildman–Crippen MR) is 108 cm³/mol. The second-order valence-corrected chi connectivity index (χ2v) is 6.69. The Morgan fingerprint density at radius 1 is 1.22 bits per heavy atom. The van der Waals surface area contributed by atoms with Crippen LogP contribution in [0.25, 0.3) is 0 Å². The standard InChI is InChI=1S/C12H17NO2.C6H13N.C2H5NO2/c1-13(2)8-3-9-15-12-6-4-11(10-14)5-7-12;7-6-4-2-1-3-5-6;3-1-2(4)5/h4-7,10H,3,8-9H2,1-2H3;6H,1-5,7H2;1,3H2,(H,4,5). The molecule has 1 fully saturated rings. The van der Waals surface area contributed by atoms with Gasteiger partial charge in [0, 0.05) is 18.2 Å². The topological polar surface area (TPSA) is 119 Å². The predicted octanol–water partition coefficient (Wildman–Crippen LogP) is 2.14. The van der Waals surface area contributed by atoms with Crippen LogP contribution in [0.2, 0.25) is 0 Å². The van der Waals surface area contributed by atoms with Gasteiger partial charge in [-0.25, -0.2) is 0 Å². The van der Waals surface area contributed by atoms with Crippen LogP contribution in [-0.2, 0) is 4.79 Å². The normalized spacial score (nSPS) is 13.7. The van der Waals surface area contributed by atoms with Gasteiger partial charge >= 0.3 is 5.97 Å². The van der Waals surface area contributed by atoms with Gasteiger partial charge in [-0.1, -0.05) is 19.3 Å².